The Labute approximate surface area is 207 Å². The van der Waals surface area contributed by atoms with Gasteiger partial charge in [-0.25, -0.2) is 0 Å². The molecule has 1 unspecified atom stereocenters. The minimum Gasteiger partial charge on any atom is -0.394 e. The summed E-state index contributed by atoms with van der Waals surface area (Å²) in [6, 6.07) is 0. The second kappa shape index (κ2) is 15.7. The quantitative estimate of drug-likeness (QED) is 0.142. The summed E-state index contributed by atoms with van der Waals surface area (Å²) < 4.78 is 22.5. The largest absolute Gasteiger partial charge is 0.394 e. The van der Waals surface area contributed by atoms with Crippen LogP contribution < -0.4 is 0 Å². The summed E-state index contributed by atoms with van der Waals surface area (Å²) in [4.78, 5) is 0. The molecular formula is C24H46O11. The lowest BCUT2D eigenvalue weighted by Crippen LogP contribution is -2.64. The number of aliphatic hydroxyl groups is 7. The third-order valence-corrected chi connectivity index (χ3v) is 6.87. The van der Waals surface area contributed by atoms with Crippen molar-refractivity contribution in [3.8, 4) is 0 Å². The summed E-state index contributed by atoms with van der Waals surface area (Å²) in [7, 11) is 0. The first-order chi connectivity index (χ1) is 16.8. The molecule has 11 atom stereocenters. The van der Waals surface area contributed by atoms with Crippen molar-refractivity contribution in [3.05, 3.63) is 0 Å². The highest BCUT2D eigenvalue weighted by Crippen LogP contribution is 2.30. The van der Waals surface area contributed by atoms with E-state index >= 15 is 0 Å². The smallest absolute Gasteiger partial charge is 0.187 e. The molecule has 0 aliphatic carbocycles. The number of rotatable bonds is 15. The van der Waals surface area contributed by atoms with Crippen LogP contribution in [0.25, 0.3) is 0 Å². The first kappa shape index (κ1) is 30.8. The van der Waals surface area contributed by atoms with Gasteiger partial charge in [-0.2, -0.15) is 0 Å². The summed E-state index contributed by atoms with van der Waals surface area (Å²) in [5.41, 5.74) is 0. The molecule has 0 aromatic rings. The van der Waals surface area contributed by atoms with Crippen LogP contribution >= 0.6 is 0 Å². The van der Waals surface area contributed by atoms with Crippen molar-refractivity contribution in [1.82, 2.24) is 0 Å². The highest BCUT2D eigenvalue weighted by atomic mass is 16.7. The summed E-state index contributed by atoms with van der Waals surface area (Å²) in [5, 5.41) is 70.7. The van der Waals surface area contributed by atoms with Gasteiger partial charge in [0, 0.05) is 0 Å². The lowest BCUT2D eigenvalue weighted by molar-refractivity contribution is -0.362. The summed E-state index contributed by atoms with van der Waals surface area (Å²) in [5.74, 6) is 0. The molecule has 11 heteroatoms. The van der Waals surface area contributed by atoms with Crippen LogP contribution in [0.4, 0.5) is 0 Å². The molecule has 0 radical (unpaired) electrons. The molecule has 0 amide bonds. The normalized spacial score (nSPS) is 39.0. The van der Waals surface area contributed by atoms with Crippen LogP contribution in [0.3, 0.4) is 0 Å². The molecule has 2 fully saturated rings. The van der Waals surface area contributed by atoms with Gasteiger partial charge in [0.1, 0.15) is 48.8 Å². The summed E-state index contributed by atoms with van der Waals surface area (Å²) in [6.07, 6.45) is -4.95. The van der Waals surface area contributed by atoms with Crippen molar-refractivity contribution in [1.29, 1.82) is 0 Å². The molecule has 2 rings (SSSR count). The molecule has 0 spiro atoms. The van der Waals surface area contributed by atoms with E-state index in [0.717, 1.165) is 19.3 Å². The lowest BCUT2D eigenvalue weighted by Gasteiger charge is -2.46. The Kier molecular flexibility index (Phi) is 13.8. The molecule has 0 bridgehead atoms. The molecule has 2 heterocycles. The zero-order chi connectivity index (χ0) is 26.0. The maximum Gasteiger partial charge on any atom is 0.187 e. The van der Waals surface area contributed by atoms with Crippen molar-refractivity contribution < 1.29 is 54.7 Å². The molecular weight excluding hydrogens is 464 g/mol. The molecule has 2 aliphatic heterocycles. The summed E-state index contributed by atoms with van der Waals surface area (Å²) in [6.45, 7) is 2.92. The third kappa shape index (κ3) is 8.54. The zero-order valence-electron chi connectivity index (χ0n) is 20.9. The van der Waals surface area contributed by atoms with Crippen LogP contribution in [-0.2, 0) is 18.9 Å². The van der Waals surface area contributed by atoms with Gasteiger partial charge >= 0.3 is 0 Å². The molecule has 35 heavy (non-hydrogen) atoms. The van der Waals surface area contributed by atoms with E-state index in [0.29, 0.717) is 6.42 Å². The number of unbranched alkanes of at least 4 members (excludes halogenated alkanes) is 6. The van der Waals surface area contributed by atoms with Gasteiger partial charge in [0.2, 0.25) is 0 Å². The standard InChI is InChI=1S/C24H46O11/c1-3-5-6-7-8-9-10-11-14(4-2)32-23-21(31)19(29)22(16(13-26)34-23)35-24-20(30)18(28)17(27)15(12-25)33-24/h14-31H,3-13H2,1-2H3/t14?,15-,16-,17-,18+,19-,20-,21-,22-,23-,24-/m1/s1. The second-order valence-corrected chi connectivity index (χ2v) is 9.58. The van der Waals surface area contributed by atoms with Gasteiger partial charge in [0.05, 0.1) is 19.3 Å². The van der Waals surface area contributed by atoms with E-state index in [2.05, 4.69) is 6.92 Å². The van der Waals surface area contributed by atoms with Gasteiger partial charge in [0.25, 0.3) is 0 Å². The van der Waals surface area contributed by atoms with Gasteiger partial charge < -0.3 is 54.7 Å². The predicted molar refractivity (Wildman–Crippen MR) is 124 cm³/mol. The second-order valence-electron chi connectivity index (χ2n) is 9.58. The molecule has 11 nitrogen and oxygen atoms in total. The Morgan fingerprint density at radius 3 is 1.83 bits per heavy atom. The molecule has 208 valence electrons. The Bertz CT molecular complexity index is 564. The fraction of sp³-hybridized carbons (Fsp3) is 1.00. The Hall–Kier alpha value is -0.440. The Morgan fingerprint density at radius 2 is 1.23 bits per heavy atom. The fourth-order valence-electron chi connectivity index (χ4n) is 4.55. The van der Waals surface area contributed by atoms with Crippen LogP contribution in [0.1, 0.15) is 71.6 Å². The van der Waals surface area contributed by atoms with E-state index in [1.54, 1.807) is 0 Å². The highest BCUT2D eigenvalue weighted by Gasteiger charge is 2.50. The van der Waals surface area contributed by atoms with E-state index in [9.17, 15) is 35.7 Å². The van der Waals surface area contributed by atoms with E-state index in [4.69, 9.17) is 18.9 Å². The number of hydrogen-bond acceptors (Lipinski definition) is 11. The fourth-order valence-corrected chi connectivity index (χ4v) is 4.55. The van der Waals surface area contributed by atoms with Gasteiger partial charge in [0.15, 0.2) is 12.6 Å². The van der Waals surface area contributed by atoms with Crippen molar-refractivity contribution in [2.75, 3.05) is 13.2 Å². The van der Waals surface area contributed by atoms with E-state index in [-0.39, 0.29) is 6.10 Å². The van der Waals surface area contributed by atoms with Gasteiger partial charge in [-0.15, -0.1) is 0 Å². The highest BCUT2D eigenvalue weighted by molar-refractivity contribution is 4.94. The van der Waals surface area contributed by atoms with E-state index in [1.807, 2.05) is 6.92 Å². The van der Waals surface area contributed by atoms with Crippen LogP contribution in [0.2, 0.25) is 0 Å². The lowest BCUT2D eigenvalue weighted by atomic mass is 9.97. The van der Waals surface area contributed by atoms with E-state index < -0.39 is 74.6 Å². The predicted octanol–water partition coefficient (Wildman–Crippen LogP) is -0.454. The average molecular weight is 511 g/mol. The van der Waals surface area contributed by atoms with Crippen LogP contribution in [0, 0.1) is 0 Å². The van der Waals surface area contributed by atoms with Crippen LogP contribution in [-0.4, -0.2) is 116 Å². The molecule has 2 aliphatic rings. The van der Waals surface area contributed by atoms with E-state index in [1.165, 1.54) is 32.1 Å². The van der Waals surface area contributed by atoms with Crippen molar-refractivity contribution in [2.24, 2.45) is 0 Å². The van der Waals surface area contributed by atoms with Crippen LogP contribution in [0.15, 0.2) is 0 Å². The number of hydrogen-bond donors (Lipinski definition) is 7. The molecule has 0 saturated carbocycles. The maximum atomic E-state index is 10.7. The first-order valence-corrected chi connectivity index (χ1v) is 13.0. The van der Waals surface area contributed by atoms with Gasteiger partial charge in [-0.05, 0) is 12.8 Å². The minimum atomic E-state index is -1.70. The Morgan fingerprint density at radius 1 is 0.657 bits per heavy atom. The molecule has 0 aromatic heterocycles. The topological polar surface area (TPSA) is 179 Å². The van der Waals surface area contributed by atoms with Crippen molar-refractivity contribution in [3.63, 3.8) is 0 Å². The third-order valence-electron chi connectivity index (χ3n) is 6.87. The van der Waals surface area contributed by atoms with Crippen molar-refractivity contribution >= 4 is 0 Å². The van der Waals surface area contributed by atoms with Gasteiger partial charge in [-0.1, -0.05) is 58.8 Å². The van der Waals surface area contributed by atoms with Crippen LogP contribution in [0.5, 0.6) is 0 Å². The number of ether oxygens (including phenoxy) is 4. The number of aliphatic hydroxyl groups excluding tert-OH is 7. The molecule has 7 N–H and O–H groups in total. The average Bonchev–Trinajstić information content (AvgIpc) is 2.86. The minimum absolute atomic E-state index is 0.195. The molecule has 2 saturated heterocycles. The zero-order valence-corrected chi connectivity index (χ0v) is 20.9. The van der Waals surface area contributed by atoms with Crippen molar-refractivity contribution in [2.45, 2.75) is 139 Å². The Balaban J connectivity index is 1.91. The first-order valence-electron chi connectivity index (χ1n) is 13.0. The SMILES string of the molecule is CCCCCCCCCC(CC)O[C@@H]1O[C@H](CO)[C@@H](O[C@H]2O[C@H](CO)[C@@H](O)[C@H](O)[C@H]2O)[C@H](O)[C@H]1O. The molecule has 0 aromatic carbocycles. The monoisotopic (exact) mass is 510 g/mol. The summed E-state index contributed by atoms with van der Waals surface area (Å²) >= 11 is 0. The maximum absolute atomic E-state index is 10.7. The van der Waals surface area contributed by atoms with Gasteiger partial charge in [-0.3, -0.25) is 0 Å².